The summed E-state index contributed by atoms with van der Waals surface area (Å²) in [5.41, 5.74) is 0.217. The molecule has 0 saturated heterocycles. The fraction of sp³-hybridized carbons (Fsp3) is 0.643. The molecule has 0 aliphatic carbocycles. The summed E-state index contributed by atoms with van der Waals surface area (Å²) in [6.07, 6.45) is -3.70. The first-order valence-corrected chi connectivity index (χ1v) is 8.18. The number of nitrogens with zero attached hydrogens (tertiary/aromatic N) is 3. The monoisotopic (exact) mass is 367 g/mol. The smallest absolute Gasteiger partial charge is 0.392 e. The summed E-state index contributed by atoms with van der Waals surface area (Å²) in [4.78, 5) is 10.7. The van der Waals surface area contributed by atoms with Crippen molar-refractivity contribution in [2.45, 2.75) is 44.5 Å². The van der Waals surface area contributed by atoms with E-state index >= 15 is 0 Å². The predicted octanol–water partition coefficient (Wildman–Crippen LogP) is 2.71. The van der Waals surface area contributed by atoms with E-state index in [-0.39, 0.29) is 11.3 Å². The molecule has 1 aromatic heterocycles. The number of rotatable bonds is 6. The molecule has 136 valence electrons. The number of aryl methyl sites for hydroxylation is 1. The Labute approximate surface area is 141 Å². The van der Waals surface area contributed by atoms with Crippen LogP contribution in [0.15, 0.2) is 16.8 Å². The van der Waals surface area contributed by atoms with E-state index in [1.165, 1.54) is 17.1 Å². The third kappa shape index (κ3) is 6.16. The van der Waals surface area contributed by atoms with Crippen molar-refractivity contribution in [1.29, 1.82) is 0 Å². The zero-order valence-electron chi connectivity index (χ0n) is 13.8. The Balaban J connectivity index is 3.22. The second-order valence-corrected chi connectivity index (χ2v) is 8.25. The lowest BCUT2D eigenvalue weighted by Crippen LogP contribution is -2.30. The molecule has 0 saturated carbocycles. The first kappa shape index (κ1) is 20.5. The highest BCUT2D eigenvalue weighted by Crippen LogP contribution is 2.33. The summed E-state index contributed by atoms with van der Waals surface area (Å²) in [5.74, 6) is -3.68. The van der Waals surface area contributed by atoms with Crippen molar-refractivity contribution >= 4 is 23.0 Å². The van der Waals surface area contributed by atoms with Crippen LogP contribution in [-0.4, -0.2) is 42.0 Å². The van der Waals surface area contributed by atoms with Crippen LogP contribution in [0.2, 0.25) is 0 Å². The van der Waals surface area contributed by atoms with Crippen LogP contribution in [0.25, 0.3) is 0 Å². The van der Waals surface area contributed by atoms with Crippen molar-refractivity contribution in [3.63, 3.8) is 0 Å². The summed E-state index contributed by atoms with van der Waals surface area (Å²) >= 11 is -1.78. The van der Waals surface area contributed by atoms with E-state index in [2.05, 4.69) is 9.50 Å². The number of carboxylic acid groups (broad SMARTS) is 1. The van der Waals surface area contributed by atoms with Gasteiger partial charge in [0.2, 0.25) is 0 Å². The number of carbonyl (C=O) groups is 1. The molecule has 1 rings (SSSR count). The Bertz CT molecular complexity index is 608. The van der Waals surface area contributed by atoms with Gasteiger partial charge in [0.1, 0.15) is 21.8 Å². The van der Waals surface area contributed by atoms with Gasteiger partial charge in [0.25, 0.3) is 0 Å². The summed E-state index contributed by atoms with van der Waals surface area (Å²) in [6, 6.07) is 0. The highest BCUT2D eigenvalue weighted by molar-refractivity contribution is 7.91. The molecular weight excluding hydrogens is 347 g/mol. The van der Waals surface area contributed by atoms with Crippen LogP contribution in [0, 0.1) is 5.92 Å². The van der Waals surface area contributed by atoms with Crippen LogP contribution in [-0.2, 0) is 23.2 Å². The van der Waals surface area contributed by atoms with Gasteiger partial charge in [-0.1, -0.05) is 4.40 Å². The molecule has 2 atom stereocenters. The van der Waals surface area contributed by atoms with Crippen molar-refractivity contribution in [3.05, 3.63) is 18.0 Å². The van der Waals surface area contributed by atoms with Crippen molar-refractivity contribution in [2.24, 2.45) is 17.4 Å². The first-order valence-electron chi connectivity index (χ1n) is 7.07. The van der Waals surface area contributed by atoms with Crippen LogP contribution in [0.5, 0.6) is 0 Å². The van der Waals surface area contributed by atoms with Gasteiger partial charge in [0, 0.05) is 25.2 Å². The zero-order chi connectivity index (χ0) is 18.7. The number of halogens is 3. The molecule has 0 fully saturated rings. The number of hydrogen-bond donors (Lipinski definition) is 1. The molecule has 6 nitrogen and oxygen atoms in total. The van der Waals surface area contributed by atoms with E-state index in [0.29, 0.717) is 0 Å². The standard InChI is InChI=1S/C14H20F3N3O3S/c1-13(2,3)24(23)19-11(9-7-18-20(4)8-9)5-10(6-12(21)22)14(15,16)17/h7-8,10H,5-6H2,1-4H3,(H,21,22)/b19-11-. The van der Waals surface area contributed by atoms with E-state index in [1.807, 2.05) is 0 Å². The molecule has 10 heteroatoms. The van der Waals surface area contributed by atoms with Crippen LogP contribution in [0.4, 0.5) is 13.2 Å². The largest absolute Gasteiger partial charge is 0.591 e. The molecule has 0 bridgehead atoms. The van der Waals surface area contributed by atoms with Gasteiger partial charge in [-0.15, -0.1) is 0 Å². The second kappa shape index (κ2) is 7.56. The maximum atomic E-state index is 13.1. The Morgan fingerprint density at radius 3 is 2.38 bits per heavy atom. The third-order valence-corrected chi connectivity index (χ3v) is 4.51. The highest BCUT2D eigenvalue weighted by Gasteiger charge is 2.42. The minimum absolute atomic E-state index is 0.0695. The van der Waals surface area contributed by atoms with Crippen molar-refractivity contribution in [3.8, 4) is 0 Å². The number of carboxylic acids is 1. The topological polar surface area (TPSA) is 90.5 Å². The predicted molar refractivity (Wildman–Crippen MR) is 84.1 cm³/mol. The lowest BCUT2D eigenvalue weighted by Gasteiger charge is -2.21. The van der Waals surface area contributed by atoms with E-state index in [4.69, 9.17) is 5.11 Å². The van der Waals surface area contributed by atoms with Crippen LogP contribution in [0.3, 0.4) is 0 Å². The Morgan fingerprint density at radius 1 is 1.42 bits per heavy atom. The normalized spacial score (nSPS) is 16.1. The molecule has 0 amide bonds. The van der Waals surface area contributed by atoms with Gasteiger partial charge in [-0.05, 0) is 20.8 Å². The molecule has 0 aromatic carbocycles. The fourth-order valence-electron chi connectivity index (χ4n) is 1.76. The lowest BCUT2D eigenvalue weighted by atomic mass is 9.95. The van der Waals surface area contributed by atoms with E-state index in [1.54, 1.807) is 27.8 Å². The molecule has 1 heterocycles. The van der Waals surface area contributed by atoms with Gasteiger partial charge < -0.3 is 9.66 Å². The Kier molecular flexibility index (Phi) is 6.45. The molecule has 0 aliphatic rings. The molecule has 0 radical (unpaired) electrons. The van der Waals surface area contributed by atoms with Gasteiger partial charge in [-0.3, -0.25) is 9.48 Å². The Hall–Kier alpha value is -1.55. The summed E-state index contributed by atoms with van der Waals surface area (Å²) < 4.78 is 56.1. The fourth-order valence-corrected chi connectivity index (χ4v) is 2.42. The maximum absolute atomic E-state index is 13.1. The van der Waals surface area contributed by atoms with Gasteiger partial charge in [-0.2, -0.15) is 18.3 Å². The number of alkyl halides is 3. The van der Waals surface area contributed by atoms with Gasteiger partial charge in [0.05, 0.1) is 18.5 Å². The van der Waals surface area contributed by atoms with Crippen molar-refractivity contribution in [1.82, 2.24) is 9.78 Å². The third-order valence-electron chi connectivity index (χ3n) is 3.08. The van der Waals surface area contributed by atoms with Crippen LogP contribution >= 0.6 is 0 Å². The zero-order valence-corrected chi connectivity index (χ0v) is 14.6. The van der Waals surface area contributed by atoms with Crippen molar-refractivity contribution in [2.75, 3.05) is 0 Å². The Morgan fingerprint density at radius 2 is 2.00 bits per heavy atom. The second-order valence-electron chi connectivity index (χ2n) is 6.34. The van der Waals surface area contributed by atoms with E-state index in [0.717, 1.165) is 0 Å². The summed E-state index contributed by atoms with van der Waals surface area (Å²) in [6.45, 7) is 4.93. The SMILES string of the molecule is Cn1cc(/C(CC(CC(=O)O)C(F)(F)F)=N\[S+]([O-])C(C)(C)C)cn1. The molecule has 0 spiro atoms. The first-order chi connectivity index (χ1) is 10.8. The average Bonchev–Trinajstić information content (AvgIpc) is 2.80. The lowest BCUT2D eigenvalue weighted by molar-refractivity contribution is -0.181. The maximum Gasteiger partial charge on any atom is 0.392 e. The van der Waals surface area contributed by atoms with E-state index in [9.17, 15) is 22.5 Å². The van der Waals surface area contributed by atoms with Crippen molar-refractivity contribution < 1.29 is 27.6 Å². The van der Waals surface area contributed by atoms with Crippen LogP contribution < -0.4 is 0 Å². The molecule has 1 aromatic rings. The number of aliphatic carboxylic acids is 1. The molecule has 0 aliphatic heterocycles. The minimum atomic E-state index is -4.70. The van der Waals surface area contributed by atoms with Gasteiger partial charge in [0.15, 0.2) is 0 Å². The average molecular weight is 367 g/mol. The number of aromatic nitrogens is 2. The minimum Gasteiger partial charge on any atom is -0.591 e. The van der Waals surface area contributed by atoms with Crippen LogP contribution in [0.1, 0.15) is 39.2 Å². The quantitative estimate of drug-likeness (QED) is 0.618. The summed E-state index contributed by atoms with van der Waals surface area (Å²) in [7, 11) is 1.58. The highest BCUT2D eigenvalue weighted by atomic mass is 32.2. The molecule has 2 unspecified atom stereocenters. The molecule has 1 N–H and O–H groups in total. The molecule has 24 heavy (non-hydrogen) atoms. The summed E-state index contributed by atoms with van der Waals surface area (Å²) in [5, 5.41) is 12.6. The van der Waals surface area contributed by atoms with E-state index < -0.39 is 47.0 Å². The van der Waals surface area contributed by atoms with Gasteiger partial charge >= 0.3 is 12.1 Å². The number of hydrogen-bond acceptors (Lipinski definition) is 4. The van der Waals surface area contributed by atoms with Gasteiger partial charge in [-0.25, -0.2) is 0 Å². The molecular formula is C14H20F3N3O3S.